The molecule has 6 heteroatoms. The molecule has 5 aliphatic rings. The predicted octanol–water partition coefficient (Wildman–Crippen LogP) is 3.71. The number of halogens is 1. The van der Waals surface area contributed by atoms with E-state index < -0.39 is 11.6 Å². The Labute approximate surface area is 163 Å². The highest BCUT2D eigenvalue weighted by molar-refractivity contribution is 14.1. The second-order valence-electron chi connectivity index (χ2n) is 8.42. The molecule has 0 bridgehead atoms. The van der Waals surface area contributed by atoms with Crippen LogP contribution < -0.4 is 0 Å². The molecular formula is C19H29IO5. The standard InChI is InChI=1S/C19H29IO5/c1-21-13-12(20)14-16(24-18(22-14)8-4-2-5-9-18)17-15(13)23-19(25-17)10-6-3-7-11-19/h12-17H,2-11H2,1H3/t12-,13-,14-,15+,16-,17-/m1/s1. The van der Waals surface area contributed by atoms with E-state index in [1.54, 1.807) is 7.11 Å². The molecule has 0 aromatic heterocycles. The third-order valence-electron chi connectivity index (χ3n) is 6.83. The van der Waals surface area contributed by atoms with Crippen LogP contribution in [0.25, 0.3) is 0 Å². The van der Waals surface area contributed by atoms with E-state index >= 15 is 0 Å². The van der Waals surface area contributed by atoms with Crippen LogP contribution in [-0.4, -0.2) is 53.1 Å². The zero-order chi connectivity index (χ0) is 17.1. The van der Waals surface area contributed by atoms with Gasteiger partial charge in [-0.15, -0.1) is 0 Å². The van der Waals surface area contributed by atoms with E-state index in [0.717, 1.165) is 25.7 Å². The lowest BCUT2D eigenvalue weighted by Crippen LogP contribution is -2.60. The fraction of sp³-hybridized carbons (Fsp3) is 1.00. The molecule has 5 rings (SSSR count). The Kier molecular flexibility index (Phi) is 4.62. The molecule has 0 radical (unpaired) electrons. The van der Waals surface area contributed by atoms with Crippen LogP contribution in [0.4, 0.5) is 0 Å². The van der Waals surface area contributed by atoms with Crippen molar-refractivity contribution >= 4 is 22.6 Å². The molecule has 2 spiro atoms. The maximum absolute atomic E-state index is 6.62. The van der Waals surface area contributed by atoms with E-state index in [0.29, 0.717) is 0 Å². The fourth-order valence-corrected chi connectivity index (χ4v) is 6.87. The van der Waals surface area contributed by atoms with Crippen LogP contribution in [0.2, 0.25) is 0 Å². The fourth-order valence-electron chi connectivity index (χ4n) is 5.61. The van der Waals surface area contributed by atoms with Crippen LogP contribution in [0.3, 0.4) is 0 Å². The number of alkyl halides is 1. The molecule has 0 unspecified atom stereocenters. The largest absolute Gasteiger partial charge is 0.377 e. The van der Waals surface area contributed by atoms with Gasteiger partial charge in [-0.3, -0.25) is 0 Å². The van der Waals surface area contributed by atoms with Crippen LogP contribution in [0.15, 0.2) is 0 Å². The van der Waals surface area contributed by atoms with Crippen LogP contribution in [0, 0.1) is 0 Å². The maximum atomic E-state index is 6.62. The highest BCUT2D eigenvalue weighted by Crippen LogP contribution is 2.53. The first kappa shape index (κ1) is 17.6. The first-order chi connectivity index (χ1) is 12.2. The number of ether oxygens (including phenoxy) is 5. The van der Waals surface area contributed by atoms with Crippen LogP contribution in [0.1, 0.15) is 64.2 Å². The second kappa shape index (κ2) is 6.55. The van der Waals surface area contributed by atoms with Gasteiger partial charge in [0, 0.05) is 32.8 Å². The second-order valence-corrected chi connectivity index (χ2v) is 9.86. The van der Waals surface area contributed by atoms with Crippen LogP contribution >= 0.6 is 22.6 Å². The number of fused-ring (bicyclic) bond motifs is 3. The van der Waals surface area contributed by atoms with Gasteiger partial charge in [0.05, 0.1) is 3.92 Å². The minimum Gasteiger partial charge on any atom is -0.377 e. The third kappa shape index (κ3) is 2.81. The molecule has 3 saturated carbocycles. The first-order valence-corrected chi connectivity index (χ1v) is 11.3. The molecule has 2 aliphatic heterocycles. The van der Waals surface area contributed by atoms with Crippen molar-refractivity contribution in [3.63, 3.8) is 0 Å². The van der Waals surface area contributed by atoms with Gasteiger partial charge in [0.1, 0.15) is 30.5 Å². The summed E-state index contributed by atoms with van der Waals surface area (Å²) in [6, 6.07) is 0. The number of methoxy groups -OCH3 is 1. The van der Waals surface area contributed by atoms with E-state index in [2.05, 4.69) is 22.6 Å². The van der Waals surface area contributed by atoms with Crippen molar-refractivity contribution in [2.75, 3.05) is 7.11 Å². The summed E-state index contributed by atoms with van der Waals surface area (Å²) in [6.45, 7) is 0. The molecule has 2 heterocycles. The summed E-state index contributed by atoms with van der Waals surface area (Å²) in [6.07, 6.45) is 11.2. The predicted molar refractivity (Wildman–Crippen MR) is 99.7 cm³/mol. The van der Waals surface area contributed by atoms with Crippen molar-refractivity contribution in [3.8, 4) is 0 Å². The molecule has 0 amide bonds. The smallest absolute Gasteiger partial charge is 0.169 e. The van der Waals surface area contributed by atoms with Gasteiger partial charge in [0.25, 0.3) is 0 Å². The lowest BCUT2D eigenvalue weighted by atomic mass is 9.87. The van der Waals surface area contributed by atoms with Crippen molar-refractivity contribution in [1.82, 2.24) is 0 Å². The van der Waals surface area contributed by atoms with E-state index in [4.69, 9.17) is 23.7 Å². The highest BCUT2D eigenvalue weighted by atomic mass is 127. The Hall–Kier alpha value is 0.530. The summed E-state index contributed by atoms with van der Waals surface area (Å²) >= 11 is 2.49. The normalized spacial score (nSPS) is 47.8. The van der Waals surface area contributed by atoms with Crippen molar-refractivity contribution < 1.29 is 23.7 Å². The summed E-state index contributed by atoms with van der Waals surface area (Å²) in [5, 5.41) is 0. The topological polar surface area (TPSA) is 46.2 Å². The van der Waals surface area contributed by atoms with Gasteiger partial charge in [-0.25, -0.2) is 0 Å². The third-order valence-corrected chi connectivity index (χ3v) is 8.25. The van der Waals surface area contributed by atoms with E-state index in [1.807, 2.05) is 0 Å². The summed E-state index contributed by atoms with van der Waals surface area (Å²) < 4.78 is 32.5. The Morgan fingerprint density at radius 2 is 1.12 bits per heavy atom. The average Bonchev–Trinajstić information content (AvgIpc) is 3.16. The van der Waals surface area contributed by atoms with Crippen molar-refractivity contribution in [2.45, 2.75) is 110 Å². The molecule has 6 atom stereocenters. The van der Waals surface area contributed by atoms with Gasteiger partial charge in [-0.05, 0) is 25.7 Å². The molecule has 2 saturated heterocycles. The van der Waals surface area contributed by atoms with E-state index in [-0.39, 0.29) is 34.4 Å². The number of hydrogen-bond donors (Lipinski definition) is 0. The minimum atomic E-state index is -0.415. The van der Waals surface area contributed by atoms with Gasteiger partial charge in [0.15, 0.2) is 11.6 Å². The minimum absolute atomic E-state index is 0.00417. The number of rotatable bonds is 1. The van der Waals surface area contributed by atoms with Crippen LogP contribution in [-0.2, 0) is 23.7 Å². The molecule has 25 heavy (non-hydrogen) atoms. The van der Waals surface area contributed by atoms with Crippen molar-refractivity contribution in [2.24, 2.45) is 0 Å². The molecule has 142 valence electrons. The summed E-state index contributed by atoms with van der Waals surface area (Å²) in [4.78, 5) is 0. The van der Waals surface area contributed by atoms with Gasteiger partial charge in [0.2, 0.25) is 0 Å². The van der Waals surface area contributed by atoms with Crippen LogP contribution in [0.5, 0.6) is 0 Å². The monoisotopic (exact) mass is 464 g/mol. The lowest BCUT2D eigenvalue weighted by molar-refractivity contribution is -0.220. The van der Waals surface area contributed by atoms with E-state index in [1.165, 1.54) is 38.5 Å². The Morgan fingerprint density at radius 1 is 0.680 bits per heavy atom. The number of hydrogen-bond acceptors (Lipinski definition) is 5. The maximum Gasteiger partial charge on any atom is 0.169 e. The SMILES string of the molecule is CO[C@@H]1[C@@H](I)[C@H]2OC3(CCCCC3)O[C@H]2[C@@H]2OC3(CCCCC3)O[C@H]21. The van der Waals surface area contributed by atoms with Gasteiger partial charge < -0.3 is 23.7 Å². The van der Waals surface area contributed by atoms with E-state index in [9.17, 15) is 0 Å². The summed E-state index contributed by atoms with van der Waals surface area (Å²) in [5.74, 6) is -0.808. The molecule has 0 aromatic rings. The highest BCUT2D eigenvalue weighted by Gasteiger charge is 2.65. The van der Waals surface area contributed by atoms with Gasteiger partial charge >= 0.3 is 0 Å². The first-order valence-electron chi connectivity index (χ1n) is 10.0. The lowest BCUT2D eigenvalue weighted by Gasteiger charge is -2.40. The zero-order valence-corrected chi connectivity index (χ0v) is 17.1. The Morgan fingerprint density at radius 3 is 1.64 bits per heavy atom. The molecule has 3 aliphatic carbocycles. The zero-order valence-electron chi connectivity index (χ0n) is 15.0. The molecule has 5 nitrogen and oxygen atoms in total. The summed E-state index contributed by atoms with van der Waals surface area (Å²) in [5.41, 5.74) is 0. The van der Waals surface area contributed by atoms with Gasteiger partial charge in [-0.1, -0.05) is 35.4 Å². The average molecular weight is 464 g/mol. The molecule has 5 fully saturated rings. The molecule has 0 N–H and O–H groups in total. The quantitative estimate of drug-likeness (QED) is 0.438. The summed E-state index contributed by atoms with van der Waals surface area (Å²) in [7, 11) is 1.79. The van der Waals surface area contributed by atoms with Crippen molar-refractivity contribution in [1.29, 1.82) is 0 Å². The molecule has 0 aromatic carbocycles. The Balaban J connectivity index is 1.44. The van der Waals surface area contributed by atoms with Gasteiger partial charge in [-0.2, -0.15) is 0 Å². The van der Waals surface area contributed by atoms with Crippen molar-refractivity contribution in [3.05, 3.63) is 0 Å². The molecular weight excluding hydrogens is 435 g/mol. The Bertz CT molecular complexity index is 502.